The van der Waals surface area contributed by atoms with Gasteiger partial charge in [-0.3, -0.25) is 9.63 Å². The quantitative estimate of drug-likeness (QED) is 0.809. The SMILES string of the molecule is CCONC(=O)COc1ccc(F)c(Cl)c1. The summed E-state index contributed by atoms with van der Waals surface area (Å²) in [4.78, 5) is 15.7. The molecule has 1 N–H and O–H groups in total. The molecule has 0 heterocycles. The molecular weight excluding hydrogens is 237 g/mol. The number of carbonyl (C=O) groups is 1. The number of rotatable bonds is 5. The van der Waals surface area contributed by atoms with Crippen LogP contribution in [0.4, 0.5) is 4.39 Å². The van der Waals surface area contributed by atoms with Crippen molar-refractivity contribution in [3.05, 3.63) is 29.0 Å². The van der Waals surface area contributed by atoms with E-state index in [-0.39, 0.29) is 11.6 Å². The Morgan fingerprint density at radius 2 is 2.31 bits per heavy atom. The van der Waals surface area contributed by atoms with Gasteiger partial charge in [-0.05, 0) is 19.1 Å². The van der Waals surface area contributed by atoms with Crippen molar-refractivity contribution in [3.63, 3.8) is 0 Å². The Kier molecular flexibility index (Phi) is 5.01. The predicted molar refractivity (Wildman–Crippen MR) is 56.7 cm³/mol. The van der Waals surface area contributed by atoms with E-state index >= 15 is 0 Å². The van der Waals surface area contributed by atoms with Crippen molar-refractivity contribution in [2.24, 2.45) is 0 Å². The van der Waals surface area contributed by atoms with E-state index in [0.717, 1.165) is 6.07 Å². The van der Waals surface area contributed by atoms with Crippen LogP contribution < -0.4 is 10.2 Å². The van der Waals surface area contributed by atoms with Crippen molar-refractivity contribution < 1.29 is 18.8 Å². The van der Waals surface area contributed by atoms with Crippen LogP contribution in [0.15, 0.2) is 18.2 Å². The standard InChI is InChI=1S/C10H11ClFNO3/c1-2-16-13-10(14)6-15-7-3-4-9(12)8(11)5-7/h3-5H,2,6H2,1H3,(H,13,14). The molecule has 0 radical (unpaired) electrons. The molecule has 0 spiro atoms. The van der Waals surface area contributed by atoms with Crippen LogP contribution in [-0.2, 0) is 9.63 Å². The summed E-state index contributed by atoms with van der Waals surface area (Å²) >= 11 is 5.53. The Morgan fingerprint density at radius 3 is 2.94 bits per heavy atom. The van der Waals surface area contributed by atoms with Gasteiger partial charge >= 0.3 is 0 Å². The summed E-state index contributed by atoms with van der Waals surface area (Å²) in [6, 6.07) is 3.85. The Balaban J connectivity index is 2.42. The predicted octanol–water partition coefficient (Wildman–Crippen LogP) is 1.93. The van der Waals surface area contributed by atoms with Crippen molar-refractivity contribution in [1.82, 2.24) is 5.48 Å². The second kappa shape index (κ2) is 6.30. The molecule has 0 aliphatic carbocycles. The maximum atomic E-state index is 12.8. The summed E-state index contributed by atoms with van der Waals surface area (Å²) in [7, 11) is 0. The molecule has 0 atom stereocenters. The van der Waals surface area contributed by atoms with Gasteiger partial charge < -0.3 is 4.74 Å². The van der Waals surface area contributed by atoms with E-state index in [4.69, 9.17) is 16.3 Å². The van der Waals surface area contributed by atoms with Crippen LogP contribution in [0.3, 0.4) is 0 Å². The van der Waals surface area contributed by atoms with Gasteiger partial charge in [0.2, 0.25) is 0 Å². The van der Waals surface area contributed by atoms with E-state index in [1.54, 1.807) is 6.92 Å². The van der Waals surface area contributed by atoms with Gasteiger partial charge in [-0.15, -0.1) is 0 Å². The lowest BCUT2D eigenvalue weighted by molar-refractivity contribution is -0.135. The summed E-state index contributed by atoms with van der Waals surface area (Å²) < 4.78 is 17.8. The van der Waals surface area contributed by atoms with Crippen LogP contribution in [0.25, 0.3) is 0 Å². The number of carbonyl (C=O) groups excluding carboxylic acids is 1. The maximum absolute atomic E-state index is 12.8. The molecule has 0 aliphatic rings. The molecule has 1 rings (SSSR count). The zero-order valence-electron chi connectivity index (χ0n) is 8.63. The summed E-state index contributed by atoms with van der Waals surface area (Å²) in [5, 5.41) is -0.0530. The molecule has 6 heteroatoms. The van der Waals surface area contributed by atoms with E-state index in [9.17, 15) is 9.18 Å². The van der Waals surface area contributed by atoms with Crippen LogP contribution >= 0.6 is 11.6 Å². The molecule has 4 nitrogen and oxygen atoms in total. The molecule has 0 aliphatic heterocycles. The van der Waals surface area contributed by atoms with E-state index in [2.05, 4.69) is 10.3 Å². The Hall–Kier alpha value is -1.33. The molecule has 0 bridgehead atoms. The first-order valence-corrected chi connectivity index (χ1v) is 4.99. The average molecular weight is 248 g/mol. The number of hydrogen-bond donors (Lipinski definition) is 1. The topological polar surface area (TPSA) is 47.6 Å². The van der Waals surface area contributed by atoms with Crippen molar-refractivity contribution in [2.75, 3.05) is 13.2 Å². The maximum Gasteiger partial charge on any atom is 0.281 e. The molecular formula is C10H11ClFNO3. The number of ether oxygens (including phenoxy) is 1. The first-order valence-electron chi connectivity index (χ1n) is 4.62. The van der Waals surface area contributed by atoms with E-state index in [0.29, 0.717) is 12.4 Å². The van der Waals surface area contributed by atoms with Gasteiger partial charge in [-0.1, -0.05) is 11.6 Å². The second-order valence-corrected chi connectivity index (χ2v) is 3.23. The Bertz CT molecular complexity index is 373. The van der Waals surface area contributed by atoms with Gasteiger partial charge in [-0.2, -0.15) is 0 Å². The van der Waals surface area contributed by atoms with E-state index < -0.39 is 11.7 Å². The molecule has 1 aromatic rings. The molecule has 0 unspecified atom stereocenters. The first-order chi connectivity index (χ1) is 7.63. The molecule has 0 aromatic heterocycles. The lowest BCUT2D eigenvalue weighted by Gasteiger charge is -2.07. The monoisotopic (exact) mass is 247 g/mol. The Morgan fingerprint density at radius 1 is 1.56 bits per heavy atom. The molecule has 88 valence electrons. The summed E-state index contributed by atoms with van der Waals surface area (Å²) in [5.41, 5.74) is 2.16. The van der Waals surface area contributed by atoms with Gasteiger partial charge in [-0.25, -0.2) is 9.87 Å². The van der Waals surface area contributed by atoms with Gasteiger partial charge in [0, 0.05) is 6.07 Å². The van der Waals surface area contributed by atoms with Gasteiger partial charge in [0.15, 0.2) is 6.61 Å². The second-order valence-electron chi connectivity index (χ2n) is 2.82. The molecule has 1 amide bonds. The van der Waals surface area contributed by atoms with Crippen LogP contribution in [-0.4, -0.2) is 19.1 Å². The van der Waals surface area contributed by atoms with Crippen molar-refractivity contribution >= 4 is 17.5 Å². The fourth-order valence-electron chi connectivity index (χ4n) is 0.898. The zero-order chi connectivity index (χ0) is 12.0. The summed E-state index contributed by atoms with van der Waals surface area (Å²) in [6.45, 7) is 1.89. The third kappa shape index (κ3) is 4.04. The molecule has 1 aromatic carbocycles. The molecule has 0 saturated carbocycles. The highest BCUT2D eigenvalue weighted by Crippen LogP contribution is 2.20. The largest absolute Gasteiger partial charge is 0.484 e. The minimum Gasteiger partial charge on any atom is -0.484 e. The fraction of sp³-hybridized carbons (Fsp3) is 0.300. The number of amides is 1. The summed E-state index contributed by atoms with van der Waals surface area (Å²) in [6.07, 6.45) is 0. The Labute approximate surface area is 97.3 Å². The molecule has 0 fully saturated rings. The van der Waals surface area contributed by atoms with E-state index in [1.165, 1.54) is 12.1 Å². The van der Waals surface area contributed by atoms with Crippen molar-refractivity contribution in [3.8, 4) is 5.75 Å². The number of benzene rings is 1. The number of nitrogens with one attached hydrogen (secondary N) is 1. The minimum atomic E-state index is -0.534. The number of hydroxylamine groups is 1. The van der Waals surface area contributed by atoms with Crippen LogP contribution in [0.5, 0.6) is 5.75 Å². The first kappa shape index (κ1) is 12.7. The highest BCUT2D eigenvalue weighted by Gasteiger charge is 2.04. The van der Waals surface area contributed by atoms with Gasteiger partial charge in [0.05, 0.1) is 11.6 Å². The normalized spacial score (nSPS) is 9.94. The molecule has 16 heavy (non-hydrogen) atoms. The third-order valence-corrected chi connectivity index (χ3v) is 1.88. The van der Waals surface area contributed by atoms with Crippen molar-refractivity contribution in [2.45, 2.75) is 6.92 Å². The van der Waals surface area contributed by atoms with Crippen LogP contribution in [0.1, 0.15) is 6.92 Å². The highest BCUT2D eigenvalue weighted by molar-refractivity contribution is 6.30. The van der Waals surface area contributed by atoms with Crippen LogP contribution in [0.2, 0.25) is 5.02 Å². The third-order valence-electron chi connectivity index (χ3n) is 1.59. The highest BCUT2D eigenvalue weighted by atomic mass is 35.5. The lowest BCUT2D eigenvalue weighted by Crippen LogP contribution is -2.28. The van der Waals surface area contributed by atoms with Crippen LogP contribution in [0, 0.1) is 5.82 Å². The number of halogens is 2. The zero-order valence-corrected chi connectivity index (χ0v) is 9.38. The van der Waals surface area contributed by atoms with Crippen molar-refractivity contribution in [1.29, 1.82) is 0 Å². The summed E-state index contributed by atoms with van der Waals surface area (Å²) in [5.74, 6) is -0.645. The van der Waals surface area contributed by atoms with Gasteiger partial charge in [0.1, 0.15) is 11.6 Å². The van der Waals surface area contributed by atoms with Gasteiger partial charge in [0.25, 0.3) is 5.91 Å². The average Bonchev–Trinajstić information content (AvgIpc) is 2.28. The van der Waals surface area contributed by atoms with E-state index in [1.807, 2.05) is 0 Å². The lowest BCUT2D eigenvalue weighted by atomic mass is 10.3. The smallest absolute Gasteiger partial charge is 0.281 e. The molecule has 0 saturated heterocycles. The number of hydrogen-bond acceptors (Lipinski definition) is 3. The minimum absolute atomic E-state index is 0.0530. The fourth-order valence-corrected chi connectivity index (χ4v) is 1.07.